The van der Waals surface area contributed by atoms with E-state index in [-0.39, 0.29) is 10.8 Å². The highest BCUT2D eigenvalue weighted by Gasteiger charge is 2.15. The number of hydrogen-bond donors (Lipinski definition) is 3. The van der Waals surface area contributed by atoms with Crippen molar-refractivity contribution in [3.05, 3.63) is 64.5 Å². The van der Waals surface area contributed by atoms with Gasteiger partial charge in [0.2, 0.25) is 5.91 Å². The molecular formula is C22H23N3O5S2. The Morgan fingerprint density at radius 3 is 2.22 bits per heavy atom. The van der Waals surface area contributed by atoms with Crippen molar-refractivity contribution in [2.75, 3.05) is 18.1 Å². The van der Waals surface area contributed by atoms with Crippen LogP contribution in [-0.4, -0.2) is 43.3 Å². The van der Waals surface area contributed by atoms with Crippen LogP contribution in [0.3, 0.4) is 0 Å². The highest BCUT2D eigenvalue weighted by molar-refractivity contribution is 7.90. The second-order valence-electron chi connectivity index (χ2n) is 7.24. The van der Waals surface area contributed by atoms with Crippen LogP contribution in [-0.2, 0) is 27.5 Å². The molecule has 0 saturated carbocycles. The zero-order valence-corrected chi connectivity index (χ0v) is 19.2. The molecule has 3 rings (SSSR count). The number of amides is 2. The first-order valence-electron chi connectivity index (χ1n) is 9.74. The first-order valence-corrected chi connectivity index (χ1v) is 12.4. The molecule has 3 N–H and O–H groups in total. The summed E-state index contributed by atoms with van der Waals surface area (Å²) in [7, 11) is -3.26. The molecule has 0 aliphatic heterocycles. The fourth-order valence-electron chi connectivity index (χ4n) is 3.08. The van der Waals surface area contributed by atoms with Crippen LogP contribution in [0.15, 0.2) is 53.4 Å². The minimum atomic E-state index is -3.26. The molecule has 0 aliphatic rings. The number of hydrogen-bond acceptors (Lipinski definition) is 6. The molecule has 0 atom stereocenters. The maximum absolute atomic E-state index is 11.7. The molecule has 0 bridgehead atoms. The summed E-state index contributed by atoms with van der Waals surface area (Å²) in [6.07, 6.45) is 1.22. The van der Waals surface area contributed by atoms with Crippen molar-refractivity contribution in [2.24, 2.45) is 0 Å². The fraction of sp³-hybridized carbons (Fsp3) is 0.227. The van der Waals surface area contributed by atoms with Crippen LogP contribution < -0.4 is 10.6 Å². The summed E-state index contributed by atoms with van der Waals surface area (Å²) in [5.41, 5.74) is 3.52. The zero-order valence-electron chi connectivity index (χ0n) is 17.6. The number of anilines is 1. The smallest absolute Gasteiger partial charge is 0.404 e. The Bertz CT molecular complexity index is 1220. The van der Waals surface area contributed by atoms with Crippen molar-refractivity contribution < 1.29 is 23.1 Å². The van der Waals surface area contributed by atoms with Gasteiger partial charge in [0.05, 0.1) is 10.6 Å². The van der Waals surface area contributed by atoms with Gasteiger partial charge in [-0.3, -0.25) is 4.79 Å². The van der Waals surface area contributed by atoms with E-state index >= 15 is 0 Å². The van der Waals surface area contributed by atoms with Crippen molar-refractivity contribution in [2.45, 2.75) is 24.7 Å². The molecule has 0 saturated heterocycles. The topological polar surface area (TPSA) is 125 Å². The van der Waals surface area contributed by atoms with Crippen LogP contribution in [0.4, 0.5) is 9.93 Å². The number of nitrogens with one attached hydrogen (secondary N) is 2. The van der Waals surface area contributed by atoms with Crippen LogP contribution in [0.2, 0.25) is 0 Å². The maximum Gasteiger partial charge on any atom is 0.404 e. The summed E-state index contributed by atoms with van der Waals surface area (Å²) >= 11 is 1.37. The number of nitrogens with zero attached hydrogens (tertiary/aromatic N) is 1. The second kappa shape index (κ2) is 9.92. The Labute approximate surface area is 190 Å². The van der Waals surface area contributed by atoms with E-state index < -0.39 is 15.9 Å². The molecule has 0 spiro atoms. The molecule has 10 heteroatoms. The minimum Gasteiger partial charge on any atom is -0.465 e. The maximum atomic E-state index is 11.7. The molecule has 32 heavy (non-hydrogen) atoms. The van der Waals surface area contributed by atoms with E-state index in [1.165, 1.54) is 24.5 Å². The van der Waals surface area contributed by atoms with Gasteiger partial charge in [-0.05, 0) is 29.7 Å². The number of carbonyl (C=O) groups excluding carboxylic acids is 1. The van der Waals surface area contributed by atoms with E-state index in [0.717, 1.165) is 27.3 Å². The molecule has 1 heterocycles. The number of aromatic nitrogens is 1. The average Bonchev–Trinajstić information content (AvgIpc) is 3.09. The Morgan fingerprint density at radius 2 is 1.66 bits per heavy atom. The van der Waals surface area contributed by atoms with E-state index in [0.29, 0.717) is 24.5 Å². The van der Waals surface area contributed by atoms with E-state index in [2.05, 4.69) is 15.6 Å². The highest BCUT2D eigenvalue weighted by atomic mass is 32.2. The third-order valence-corrected chi connectivity index (χ3v) is 6.71. The average molecular weight is 474 g/mol. The predicted molar refractivity (Wildman–Crippen MR) is 124 cm³/mol. The molecule has 2 amide bonds. The lowest BCUT2D eigenvalue weighted by Crippen LogP contribution is -2.23. The van der Waals surface area contributed by atoms with Crippen molar-refractivity contribution in [3.63, 3.8) is 0 Å². The van der Waals surface area contributed by atoms with Crippen molar-refractivity contribution >= 4 is 38.3 Å². The first-order chi connectivity index (χ1) is 15.1. The number of sulfone groups is 1. The van der Waals surface area contributed by atoms with Crippen LogP contribution in [0, 0.1) is 0 Å². The standard InChI is InChI=1S/C22H23N3O5S2/c1-14(26)24-21-25-20(17-7-3-15(4-8-17)11-12-23-22(27)28)19(31-21)13-16-5-9-18(10-6-16)32(2,29)30/h3-10,23H,11-13H2,1-2H3,(H,27,28)(H,24,25,26). The Morgan fingerprint density at radius 1 is 1.03 bits per heavy atom. The minimum absolute atomic E-state index is 0.212. The van der Waals surface area contributed by atoms with Gasteiger partial charge in [0.15, 0.2) is 15.0 Å². The summed E-state index contributed by atoms with van der Waals surface area (Å²) in [5, 5.41) is 14.2. The van der Waals surface area contributed by atoms with Gasteiger partial charge < -0.3 is 15.7 Å². The van der Waals surface area contributed by atoms with Crippen molar-refractivity contribution in [1.29, 1.82) is 0 Å². The summed E-state index contributed by atoms with van der Waals surface area (Å²) < 4.78 is 23.4. The summed E-state index contributed by atoms with van der Waals surface area (Å²) in [5.74, 6) is -0.212. The molecule has 1 aromatic heterocycles. The third kappa shape index (κ3) is 6.38. The van der Waals surface area contributed by atoms with Gasteiger partial charge >= 0.3 is 6.09 Å². The summed E-state index contributed by atoms with van der Waals surface area (Å²) in [6.45, 7) is 1.75. The quantitative estimate of drug-likeness (QED) is 0.459. The number of carboxylic acid groups (broad SMARTS) is 1. The highest BCUT2D eigenvalue weighted by Crippen LogP contribution is 2.33. The zero-order chi connectivity index (χ0) is 23.3. The van der Waals surface area contributed by atoms with Crippen LogP contribution in [0.1, 0.15) is 22.9 Å². The number of benzene rings is 2. The molecule has 0 radical (unpaired) electrons. The normalized spacial score (nSPS) is 11.2. The lowest BCUT2D eigenvalue weighted by atomic mass is 10.0. The van der Waals surface area contributed by atoms with E-state index in [9.17, 15) is 18.0 Å². The monoisotopic (exact) mass is 473 g/mol. The van der Waals surface area contributed by atoms with E-state index in [4.69, 9.17) is 5.11 Å². The molecule has 3 aromatic rings. The van der Waals surface area contributed by atoms with Gasteiger partial charge in [0.1, 0.15) is 0 Å². The van der Waals surface area contributed by atoms with Gasteiger partial charge in [0, 0.05) is 36.6 Å². The molecule has 168 valence electrons. The van der Waals surface area contributed by atoms with E-state index in [1.807, 2.05) is 24.3 Å². The van der Waals surface area contributed by atoms with Crippen molar-refractivity contribution in [1.82, 2.24) is 10.3 Å². The summed E-state index contributed by atoms with van der Waals surface area (Å²) in [6, 6.07) is 14.4. The first kappa shape index (κ1) is 23.4. The fourth-order valence-corrected chi connectivity index (χ4v) is 4.78. The Balaban J connectivity index is 1.86. The summed E-state index contributed by atoms with van der Waals surface area (Å²) in [4.78, 5) is 27.9. The Hall–Kier alpha value is -3.24. The molecule has 8 nitrogen and oxygen atoms in total. The molecule has 2 aromatic carbocycles. The third-order valence-electron chi connectivity index (χ3n) is 4.61. The van der Waals surface area contributed by atoms with Gasteiger partial charge in [0.25, 0.3) is 0 Å². The van der Waals surface area contributed by atoms with Crippen LogP contribution in [0.5, 0.6) is 0 Å². The number of rotatable bonds is 8. The van der Waals surface area contributed by atoms with Gasteiger partial charge in [-0.2, -0.15) is 0 Å². The number of thiazole rings is 1. The lowest BCUT2D eigenvalue weighted by molar-refractivity contribution is -0.114. The molecular weight excluding hydrogens is 450 g/mol. The molecule has 0 fully saturated rings. The molecule has 0 aliphatic carbocycles. The largest absolute Gasteiger partial charge is 0.465 e. The SMILES string of the molecule is CC(=O)Nc1nc(-c2ccc(CCNC(=O)O)cc2)c(Cc2ccc(S(C)(=O)=O)cc2)s1. The predicted octanol–water partition coefficient (Wildman–Crippen LogP) is 3.57. The van der Waals surface area contributed by atoms with Crippen LogP contribution >= 0.6 is 11.3 Å². The van der Waals surface area contributed by atoms with Gasteiger partial charge in [-0.15, -0.1) is 11.3 Å². The molecule has 0 unspecified atom stereocenters. The Kier molecular flexibility index (Phi) is 7.26. The van der Waals surface area contributed by atoms with Gasteiger partial charge in [-0.1, -0.05) is 36.4 Å². The number of carbonyl (C=O) groups is 2. The van der Waals surface area contributed by atoms with Gasteiger partial charge in [-0.25, -0.2) is 18.2 Å². The van der Waals surface area contributed by atoms with Crippen molar-refractivity contribution in [3.8, 4) is 11.3 Å². The lowest BCUT2D eigenvalue weighted by Gasteiger charge is -2.06. The second-order valence-corrected chi connectivity index (χ2v) is 10.3. The van der Waals surface area contributed by atoms with E-state index in [1.54, 1.807) is 24.3 Å². The van der Waals surface area contributed by atoms with Crippen LogP contribution in [0.25, 0.3) is 11.3 Å².